The number of aromatic nitrogens is 5. The number of pyridine rings is 1. The number of para-hydroxylation sites is 1. The lowest BCUT2D eigenvalue weighted by Crippen LogP contribution is -2.06. The van der Waals surface area contributed by atoms with E-state index in [1.54, 1.807) is 10.9 Å². The SMILES string of the molecule is C[C@@H](N)c1ccc(Sc2nnnn2-c2ccccc2)cn1. The van der Waals surface area contributed by atoms with Gasteiger partial charge in [0, 0.05) is 17.1 Å². The van der Waals surface area contributed by atoms with Gasteiger partial charge >= 0.3 is 0 Å². The van der Waals surface area contributed by atoms with Gasteiger partial charge in [-0.3, -0.25) is 4.98 Å². The Bertz CT molecular complexity index is 708. The molecule has 7 heteroatoms. The first-order valence-corrected chi connectivity index (χ1v) is 7.29. The van der Waals surface area contributed by atoms with Crippen molar-refractivity contribution in [2.24, 2.45) is 5.73 Å². The van der Waals surface area contributed by atoms with Gasteiger partial charge in [-0.05, 0) is 53.4 Å². The lowest BCUT2D eigenvalue weighted by molar-refractivity contribution is 0.756. The van der Waals surface area contributed by atoms with E-state index in [1.165, 1.54) is 11.8 Å². The monoisotopic (exact) mass is 298 g/mol. The van der Waals surface area contributed by atoms with E-state index in [9.17, 15) is 0 Å². The average molecular weight is 298 g/mol. The van der Waals surface area contributed by atoms with Crippen LogP contribution in [0.2, 0.25) is 0 Å². The van der Waals surface area contributed by atoms with Gasteiger partial charge in [0.2, 0.25) is 5.16 Å². The molecule has 0 unspecified atom stereocenters. The van der Waals surface area contributed by atoms with E-state index in [0.717, 1.165) is 16.3 Å². The summed E-state index contributed by atoms with van der Waals surface area (Å²) in [5.41, 5.74) is 7.58. The lowest BCUT2D eigenvalue weighted by atomic mass is 10.2. The Hall–Kier alpha value is -2.25. The summed E-state index contributed by atoms with van der Waals surface area (Å²) in [6.45, 7) is 1.91. The van der Waals surface area contributed by atoms with Crippen molar-refractivity contribution in [3.63, 3.8) is 0 Å². The van der Waals surface area contributed by atoms with Gasteiger partial charge < -0.3 is 5.73 Å². The highest BCUT2D eigenvalue weighted by atomic mass is 32.2. The Morgan fingerprint density at radius 3 is 2.62 bits per heavy atom. The maximum Gasteiger partial charge on any atom is 0.218 e. The first-order chi connectivity index (χ1) is 10.2. The lowest BCUT2D eigenvalue weighted by Gasteiger charge is -2.06. The highest BCUT2D eigenvalue weighted by Gasteiger charge is 2.10. The van der Waals surface area contributed by atoms with Crippen molar-refractivity contribution in [2.45, 2.75) is 23.0 Å². The Balaban J connectivity index is 1.84. The van der Waals surface area contributed by atoms with Crippen molar-refractivity contribution in [1.82, 2.24) is 25.2 Å². The van der Waals surface area contributed by atoms with Gasteiger partial charge in [0.05, 0.1) is 11.4 Å². The van der Waals surface area contributed by atoms with Crippen LogP contribution >= 0.6 is 11.8 Å². The molecule has 3 aromatic rings. The number of nitrogens with two attached hydrogens (primary N) is 1. The number of tetrazole rings is 1. The van der Waals surface area contributed by atoms with Gasteiger partial charge in [-0.1, -0.05) is 18.2 Å². The first kappa shape index (κ1) is 13.7. The topological polar surface area (TPSA) is 82.5 Å². The maximum absolute atomic E-state index is 5.79. The van der Waals surface area contributed by atoms with Gasteiger partial charge in [0.1, 0.15) is 0 Å². The summed E-state index contributed by atoms with van der Waals surface area (Å²) >= 11 is 1.46. The van der Waals surface area contributed by atoms with Gasteiger partial charge in [-0.2, -0.15) is 4.68 Å². The second kappa shape index (κ2) is 6.02. The van der Waals surface area contributed by atoms with Crippen LogP contribution in [0.1, 0.15) is 18.7 Å². The summed E-state index contributed by atoms with van der Waals surface area (Å²) < 4.78 is 1.70. The van der Waals surface area contributed by atoms with Crippen LogP contribution in [0, 0.1) is 0 Å². The minimum absolute atomic E-state index is 0.0707. The maximum atomic E-state index is 5.79. The van der Waals surface area contributed by atoms with E-state index in [4.69, 9.17) is 5.73 Å². The molecule has 0 fully saturated rings. The summed E-state index contributed by atoms with van der Waals surface area (Å²) in [7, 11) is 0. The molecule has 1 aromatic carbocycles. The summed E-state index contributed by atoms with van der Waals surface area (Å²) in [4.78, 5) is 5.30. The van der Waals surface area contributed by atoms with Crippen LogP contribution in [-0.4, -0.2) is 25.2 Å². The summed E-state index contributed by atoms with van der Waals surface area (Å²) in [6, 6.07) is 13.6. The van der Waals surface area contributed by atoms with Crippen LogP contribution in [0.4, 0.5) is 0 Å². The fourth-order valence-corrected chi connectivity index (χ4v) is 2.56. The molecule has 1 atom stereocenters. The van der Waals surface area contributed by atoms with Crippen LogP contribution in [0.3, 0.4) is 0 Å². The summed E-state index contributed by atoms with van der Waals surface area (Å²) in [5, 5.41) is 12.5. The second-order valence-corrected chi connectivity index (χ2v) is 5.56. The third-order valence-electron chi connectivity index (χ3n) is 2.88. The molecule has 0 radical (unpaired) electrons. The molecule has 0 spiro atoms. The molecule has 0 aliphatic heterocycles. The predicted molar refractivity (Wildman–Crippen MR) is 80.1 cm³/mol. The molecule has 2 heterocycles. The van der Waals surface area contributed by atoms with Crippen LogP contribution < -0.4 is 5.73 Å². The van der Waals surface area contributed by atoms with Crippen molar-refractivity contribution in [1.29, 1.82) is 0 Å². The zero-order valence-corrected chi connectivity index (χ0v) is 12.2. The number of hydrogen-bond donors (Lipinski definition) is 1. The normalized spacial score (nSPS) is 12.3. The number of nitrogens with zero attached hydrogens (tertiary/aromatic N) is 5. The Labute approximate surface area is 126 Å². The minimum atomic E-state index is -0.0707. The zero-order chi connectivity index (χ0) is 14.7. The van der Waals surface area contributed by atoms with Gasteiger partial charge in [-0.15, -0.1) is 5.10 Å². The fraction of sp³-hybridized carbons (Fsp3) is 0.143. The quantitative estimate of drug-likeness (QED) is 0.795. The average Bonchev–Trinajstić information content (AvgIpc) is 2.97. The van der Waals surface area contributed by atoms with Crippen molar-refractivity contribution in [3.8, 4) is 5.69 Å². The molecule has 0 aliphatic rings. The fourth-order valence-electron chi connectivity index (χ4n) is 1.80. The van der Waals surface area contributed by atoms with E-state index in [1.807, 2.05) is 49.4 Å². The van der Waals surface area contributed by atoms with Crippen LogP contribution in [0.5, 0.6) is 0 Å². The third kappa shape index (κ3) is 3.09. The van der Waals surface area contributed by atoms with Gasteiger partial charge in [0.15, 0.2) is 0 Å². The molecular weight excluding hydrogens is 284 g/mol. The second-order valence-electron chi connectivity index (χ2n) is 4.52. The third-order valence-corrected chi connectivity index (χ3v) is 3.79. The van der Waals surface area contributed by atoms with E-state index in [0.29, 0.717) is 5.16 Å². The Morgan fingerprint density at radius 1 is 1.14 bits per heavy atom. The van der Waals surface area contributed by atoms with Crippen LogP contribution in [0.15, 0.2) is 58.7 Å². The van der Waals surface area contributed by atoms with Crippen LogP contribution in [-0.2, 0) is 0 Å². The highest BCUT2D eigenvalue weighted by Crippen LogP contribution is 2.26. The zero-order valence-electron chi connectivity index (χ0n) is 11.4. The number of benzene rings is 1. The molecule has 3 rings (SSSR count). The molecule has 0 saturated carbocycles. The molecule has 0 amide bonds. The largest absolute Gasteiger partial charge is 0.323 e. The molecule has 2 aromatic heterocycles. The minimum Gasteiger partial charge on any atom is -0.323 e. The van der Waals surface area contributed by atoms with E-state index in [2.05, 4.69) is 20.5 Å². The van der Waals surface area contributed by atoms with Crippen molar-refractivity contribution in [2.75, 3.05) is 0 Å². The molecule has 106 valence electrons. The Kier molecular flexibility index (Phi) is 3.94. The van der Waals surface area contributed by atoms with Crippen molar-refractivity contribution < 1.29 is 0 Å². The molecule has 0 bridgehead atoms. The summed E-state index contributed by atoms with van der Waals surface area (Å²) in [6.07, 6.45) is 1.79. The van der Waals surface area contributed by atoms with E-state index < -0.39 is 0 Å². The molecule has 0 saturated heterocycles. The van der Waals surface area contributed by atoms with E-state index >= 15 is 0 Å². The molecule has 0 aliphatic carbocycles. The first-order valence-electron chi connectivity index (χ1n) is 6.47. The predicted octanol–water partition coefficient (Wildman–Crippen LogP) is 2.23. The standard InChI is InChI=1S/C14H14N6S/c1-10(15)13-8-7-12(9-16-13)21-14-17-18-19-20(14)11-5-3-2-4-6-11/h2-10H,15H2,1H3/t10-/m1/s1. The van der Waals surface area contributed by atoms with Gasteiger partial charge in [-0.25, -0.2) is 0 Å². The van der Waals surface area contributed by atoms with Crippen LogP contribution in [0.25, 0.3) is 5.69 Å². The Morgan fingerprint density at radius 2 is 1.95 bits per heavy atom. The molecule has 6 nitrogen and oxygen atoms in total. The molecular formula is C14H14N6S. The van der Waals surface area contributed by atoms with Crippen molar-refractivity contribution in [3.05, 3.63) is 54.4 Å². The smallest absolute Gasteiger partial charge is 0.218 e. The number of rotatable bonds is 4. The molecule has 2 N–H and O–H groups in total. The van der Waals surface area contributed by atoms with Gasteiger partial charge in [0.25, 0.3) is 0 Å². The number of hydrogen-bond acceptors (Lipinski definition) is 6. The van der Waals surface area contributed by atoms with Crippen molar-refractivity contribution >= 4 is 11.8 Å². The van der Waals surface area contributed by atoms with E-state index in [-0.39, 0.29) is 6.04 Å². The summed E-state index contributed by atoms with van der Waals surface area (Å²) in [5.74, 6) is 0. The highest BCUT2D eigenvalue weighted by molar-refractivity contribution is 7.99. The molecule has 21 heavy (non-hydrogen) atoms.